The molecular formula is C47H57ClN9O8P. The summed E-state index contributed by atoms with van der Waals surface area (Å²) >= 11 is 6.49. The Kier molecular flexibility index (Phi) is 14.9. The molecule has 19 heteroatoms. The van der Waals surface area contributed by atoms with E-state index in [1.54, 1.807) is 36.3 Å². The van der Waals surface area contributed by atoms with Gasteiger partial charge in [-0.05, 0) is 80.0 Å². The van der Waals surface area contributed by atoms with Crippen molar-refractivity contribution < 1.29 is 37.5 Å². The highest BCUT2D eigenvalue weighted by Crippen LogP contribution is 2.47. The highest BCUT2D eigenvalue weighted by atomic mass is 35.5. The minimum Gasteiger partial charge on any atom is -0.494 e. The normalized spacial score (nSPS) is 18.3. The molecule has 4 aromatic rings. The number of fused-ring (bicyclic) bond motifs is 1. The molecule has 1 atom stereocenters. The Hall–Kier alpha value is -5.58. The summed E-state index contributed by atoms with van der Waals surface area (Å²) in [5, 5.41) is 9.36. The molecule has 3 fully saturated rings. The van der Waals surface area contributed by atoms with Crippen molar-refractivity contribution in [2.45, 2.75) is 76.4 Å². The summed E-state index contributed by atoms with van der Waals surface area (Å²) in [6, 6.07) is 18.7. The predicted octanol–water partition coefficient (Wildman–Crippen LogP) is 6.41. The number of nitrogens with one attached hydrogen (secondary N) is 3. The van der Waals surface area contributed by atoms with Gasteiger partial charge in [0.2, 0.25) is 23.7 Å². The molecule has 3 saturated heterocycles. The van der Waals surface area contributed by atoms with E-state index < -0.39 is 19.5 Å². The second-order valence-corrected chi connectivity index (χ2v) is 19.6. The zero-order valence-electron chi connectivity index (χ0n) is 37.6. The summed E-state index contributed by atoms with van der Waals surface area (Å²) in [7, 11) is 0.719. The fourth-order valence-corrected chi connectivity index (χ4v) is 10.8. The standard InChI is InChI=1S/C47H57ClN9O8P/c1-63-40-28-34(14-16-37(40)51-47-49-29-36(48)44(53-47)50-38-10-7-8-11-41(38)66(62,64-2)65-3)54-21-19-33(20-22-54)55-23-25-56(26-24-55)43(59)12-6-4-5-9-31-13-15-35-32(27-31)30-57(46(35)61)39-17-18-42(58)52-45(39)60/h7-8,10-11,13-16,27-29,33,39H,4-6,9,12,17-26,30H2,1-3H3,(H,52,58,60)(H2,49,50,51,53). The van der Waals surface area contributed by atoms with Crippen LogP contribution in [-0.4, -0.2) is 121 Å². The molecule has 17 nitrogen and oxygen atoms in total. The molecule has 350 valence electrons. The van der Waals surface area contributed by atoms with Gasteiger partial charge < -0.3 is 39.1 Å². The zero-order valence-corrected chi connectivity index (χ0v) is 39.2. The number of carbonyl (C=O) groups excluding carboxylic acids is 4. The van der Waals surface area contributed by atoms with Gasteiger partial charge in [-0.25, -0.2) is 4.98 Å². The summed E-state index contributed by atoms with van der Waals surface area (Å²) in [4.78, 5) is 67.7. The molecule has 0 saturated carbocycles. The van der Waals surface area contributed by atoms with Gasteiger partial charge in [-0.1, -0.05) is 42.3 Å². The van der Waals surface area contributed by atoms with E-state index in [1.807, 2.05) is 29.2 Å². The first-order valence-electron chi connectivity index (χ1n) is 22.6. The van der Waals surface area contributed by atoms with Crippen molar-refractivity contribution >= 4 is 77.0 Å². The fraction of sp³-hybridized carbons (Fsp3) is 0.447. The number of hydrogen-bond donors (Lipinski definition) is 3. The highest BCUT2D eigenvalue weighted by Gasteiger charge is 2.39. The SMILES string of the molecule is COc1cc(N2CCC(N3CCN(C(=O)CCCCCc4ccc5c(c4)CN(C4CCC(=O)NC4=O)C5=O)CC3)CC2)ccc1Nc1ncc(Cl)c(Nc2ccccc2P(=O)(OC)OC)n1. The summed E-state index contributed by atoms with van der Waals surface area (Å²) in [6.45, 7) is 5.44. The van der Waals surface area contributed by atoms with Crippen LogP contribution in [0.25, 0.3) is 0 Å². The number of unbranched alkanes of at least 4 members (excludes halogenated alkanes) is 2. The predicted molar refractivity (Wildman–Crippen MR) is 252 cm³/mol. The van der Waals surface area contributed by atoms with Gasteiger partial charge >= 0.3 is 7.60 Å². The second kappa shape index (κ2) is 20.9. The number of methoxy groups -OCH3 is 1. The molecule has 0 bridgehead atoms. The number of ether oxygens (including phenoxy) is 1. The number of anilines is 5. The summed E-state index contributed by atoms with van der Waals surface area (Å²) in [5.74, 6) is 0.589. The Morgan fingerprint density at radius 1 is 0.879 bits per heavy atom. The van der Waals surface area contributed by atoms with Crippen molar-refractivity contribution in [1.82, 2.24) is 30.0 Å². The summed E-state index contributed by atoms with van der Waals surface area (Å²) in [5.41, 5.74) is 4.90. The summed E-state index contributed by atoms with van der Waals surface area (Å²) < 4.78 is 29.5. The van der Waals surface area contributed by atoms with Crippen molar-refractivity contribution in [3.8, 4) is 5.75 Å². The van der Waals surface area contributed by atoms with Crippen molar-refractivity contribution in [2.75, 3.05) is 76.1 Å². The molecule has 3 N–H and O–H groups in total. The van der Waals surface area contributed by atoms with Crippen molar-refractivity contribution in [1.29, 1.82) is 0 Å². The molecule has 1 aromatic heterocycles. The van der Waals surface area contributed by atoms with Gasteiger partial charge in [0, 0.05) is 96.2 Å². The maximum atomic E-state index is 13.2. The maximum Gasteiger partial charge on any atom is 0.362 e. The van der Waals surface area contributed by atoms with Gasteiger partial charge in [0.1, 0.15) is 16.8 Å². The van der Waals surface area contributed by atoms with Crippen LogP contribution >= 0.6 is 19.2 Å². The van der Waals surface area contributed by atoms with Crippen LogP contribution < -0.4 is 30.9 Å². The molecule has 0 spiro atoms. The number of imide groups is 1. The monoisotopic (exact) mass is 941 g/mol. The first kappa shape index (κ1) is 46.9. The Bertz CT molecular complexity index is 2490. The lowest BCUT2D eigenvalue weighted by molar-refractivity contribution is -0.137. The lowest BCUT2D eigenvalue weighted by atomic mass is 10.0. The number of piperazine rings is 1. The van der Waals surface area contributed by atoms with Gasteiger partial charge in [0.25, 0.3) is 5.91 Å². The largest absolute Gasteiger partial charge is 0.494 e. The fourth-order valence-electron chi connectivity index (χ4n) is 9.38. The Labute approximate surface area is 390 Å². The number of benzene rings is 3. The van der Waals surface area contributed by atoms with Crippen LogP contribution in [-0.2, 0) is 41.0 Å². The Balaban J connectivity index is 0.755. The molecule has 5 heterocycles. The molecule has 3 aromatic carbocycles. The number of para-hydroxylation sites is 1. The van der Waals surface area contributed by atoms with Crippen LogP contribution in [0, 0.1) is 0 Å². The third kappa shape index (κ3) is 10.5. The molecular weight excluding hydrogens is 885 g/mol. The number of nitrogens with zero attached hydrogens (tertiary/aromatic N) is 6. The van der Waals surface area contributed by atoms with Gasteiger partial charge in [-0.2, -0.15) is 4.98 Å². The van der Waals surface area contributed by atoms with Crippen LogP contribution in [0.5, 0.6) is 5.75 Å². The number of hydrogen-bond acceptors (Lipinski definition) is 14. The van der Waals surface area contributed by atoms with Crippen LogP contribution in [0.15, 0.2) is 66.9 Å². The first-order valence-corrected chi connectivity index (χ1v) is 24.5. The number of halogens is 1. The van der Waals surface area contributed by atoms with E-state index >= 15 is 0 Å². The van der Waals surface area contributed by atoms with Crippen LogP contribution in [0.1, 0.15) is 72.9 Å². The first-order chi connectivity index (χ1) is 32.0. The van der Waals surface area contributed by atoms with Crippen molar-refractivity contribution in [3.63, 3.8) is 0 Å². The topological polar surface area (TPSA) is 188 Å². The molecule has 0 aliphatic carbocycles. The quantitative estimate of drug-likeness (QED) is 0.0599. The minimum atomic E-state index is -3.57. The van der Waals surface area contributed by atoms with E-state index in [-0.39, 0.29) is 35.1 Å². The number of piperidine rings is 2. The van der Waals surface area contributed by atoms with Gasteiger partial charge in [-0.3, -0.25) is 34.0 Å². The lowest BCUT2D eigenvalue weighted by Crippen LogP contribution is -2.54. The van der Waals surface area contributed by atoms with Gasteiger partial charge in [-0.15, -0.1) is 0 Å². The number of carbonyl (C=O) groups is 4. The molecule has 0 radical (unpaired) electrons. The van der Waals surface area contributed by atoms with E-state index in [2.05, 4.69) is 47.9 Å². The molecule has 4 aliphatic heterocycles. The molecule has 4 amide bonds. The van der Waals surface area contributed by atoms with E-state index in [1.165, 1.54) is 20.4 Å². The Morgan fingerprint density at radius 2 is 1.65 bits per heavy atom. The number of aromatic nitrogens is 2. The van der Waals surface area contributed by atoms with Crippen LogP contribution in [0.4, 0.5) is 28.8 Å². The lowest BCUT2D eigenvalue weighted by Gasteiger charge is -2.43. The number of amides is 4. The van der Waals surface area contributed by atoms with E-state index in [0.29, 0.717) is 59.2 Å². The smallest absolute Gasteiger partial charge is 0.362 e. The van der Waals surface area contributed by atoms with Crippen LogP contribution in [0.3, 0.4) is 0 Å². The van der Waals surface area contributed by atoms with Crippen molar-refractivity contribution in [2.24, 2.45) is 0 Å². The number of rotatable bonds is 17. The van der Waals surface area contributed by atoms with Crippen molar-refractivity contribution in [3.05, 3.63) is 88.6 Å². The average molecular weight is 942 g/mol. The van der Waals surface area contributed by atoms with E-state index in [4.69, 9.17) is 25.4 Å². The third-order valence-electron chi connectivity index (χ3n) is 13.1. The summed E-state index contributed by atoms with van der Waals surface area (Å²) in [6.07, 6.45) is 8.25. The second-order valence-electron chi connectivity index (χ2n) is 17.0. The zero-order chi connectivity index (χ0) is 46.4. The average Bonchev–Trinajstić information content (AvgIpc) is 3.66. The van der Waals surface area contributed by atoms with E-state index in [9.17, 15) is 23.7 Å². The molecule has 1 unspecified atom stereocenters. The molecule has 4 aliphatic rings. The maximum absolute atomic E-state index is 13.2. The molecule has 8 rings (SSSR count). The van der Waals surface area contributed by atoms with Gasteiger partial charge in [0.05, 0.1) is 30.0 Å². The highest BCUT2D eigenvalue weighted by molar-refractivity contribution is 7.62. The number of aryl methyl sites for hydroxylation is 1. The molecule has 66 heavy (non-hydrogen) atoms. The Morgan fingerprint density at radius 3 is 2.39 bits per heavy atom. The van der Waals surface area contributed by atoms with E-state index in [0.717, 1.165) is 94.6 Å². The van der Waals surface area contributed by atoms with Crippen LogP contribution in [0.2, 0.25) is 5.02 Å². The minimum absolute atomic E-state index is 0.158. The third-order valence-corrected chi connectivity index (χ3v) is 15.3. The van der Waals surface area contributed by atoms with Gasteiger partial charge in [0.15, 0.2) is 5.82 Å².